The molecule has 0 aromatic heterocycles. The van der Waals surface area contributed by atoms with Gasteiger partial charge in [-0.1, -0.05) is 27.1 Å². The lowest BCUT2D eigenvalue weighted by Gasteiger charge is -2.06. The Hall–Kier alpha value is -1.52. The third-order valence-corrected chi connectivity index (χ3v) is 3.32. The van der Waals surface area contributed by atoms with Gasteiger partial charge in [0.25, 0.3) is 5.91 Å². The summed E-state index contributed by atoms with van der Waals surface area (Å²) in [5, 5.41) is 6.26. The Kier molecular flexibility index (Phi) is 6.25. The number of nitrogens with one attached hydrogen (secondary N) is 1. The topological polar surface area (TPSA) is 77.9 Å². The number of rotatable bonds is 6. The number of hydrogen-bond donors (Lipinski definition) is 1. The quantitative estimate of drug-likeness (QED) is 0.370. The summed E-state index contributed by atoms with van der Waals surface area (Å²) in [5.74, 6) is -0.0838. The van der Waals surface area contributed by atoms with E-state index in [-0.39, 0.29) is 5.91 Å². The molecule has 0 spiro atoms. The molecule has 18 heavy (non-hydrogen) atoms. The van der Waals surface area contributed by atoms with E-state index in [1.807, 2.05) is 19.1 Å². The van der Waals surface area contributed by atoms with Crippen molar-refractivity contribution in [3.8, 4) is 0 Å². The molecule has 1 aromatic carbocycles. The number of halogens is 1. The molecule has 6 heteroatoms. The number of hydrogen-bond acceptors (Lipinski definition) is 2. The molecule has 1 N–H and O–H groups in total. The van der Waals surface area contributed by atoms with Crippen LogP contribution in [-0.2, 0) is 0 Å². The maximum Gasteiger partial charge on any atom is 0.251 e. The van der Waals surface area contributed by atoms with Gasteiger partial charge in [0.2, 0.25) is 0 Å². The minimum atomic E-state index is -0.0838. The molecule has 0 saturated heterocycles. The van der Waals surface area contributed by atoms with Gasteiger partial charge in [0.15, 0.2) is 0 Å². The highest BCUT2D eigenvalue weighted by molar-refractivity contribution is 9.10. The van der Waals surface area contributed by atoms with Crippen LogP contribution in [-0.4, -0.2) is 19.0 Å². The molecule has 0 bridgehead atoms. The van der Waals surface area contributed by atoms with Crippen LogP contribution < -0.4 is 5.32 Å². The summed E-state index contributed by atoms with van der Waals surface area (Å²) in [4.78, 5) is 14.4. The first kappa shape index (κ1) is 14.5. The zero-order valence-corrected chi connectivity index (χ0v) is 11.8. The van der Waals surface area contributed by atoms with E-state index in [2.05, 4.69) is 31.3 Å². The summed E-state index contributed by atoms with van der Waals surface area (Å²) in [7, 11) is 0. The number of benzene rings is 1. The third kappa shape index (κ3) is 4.77. The monoisotopic (exact) mass is 310 g/mol. The van der Waals surface area contributed by atoms with Crippen LogP contribution in [0.25, 0.3) is 10.4 Å². The molecule has 0 aliphatic carbocycles. The van der Waals surface area contributed by atoms with Crippen molar-refractivity contribution >= 4 is 21.8 Å². The average molecular weight is 311 g/mol. The molecule has 0 heterocycles. The summed E-state index contributed by atoms with van der Waals surface area (Å²) in [6, 6.07) is 5.51. The smallest absolute Gasteiger partial charge is 0.251 e. The van der Waals surface area contributed by atoms with E-state index >= 15 is 0 Å². The summed E-state index contributed by atoms with van der Waals surface area (Å²) in [6.07, 6.45) is 1.58. The lowest BCUT2D eigenvalue weighted by molar-refractivity contribution is 0.0953. The first-order valence-electron chi connectivity index (χ1n) is 5.70. The molecule has 0 atom stereocenters. The summed E-state index contributed by atoms with van der Waals surface area (Å²) < 4.78 is 0.929. The van der Waals surface area contributed by atoms with Crippen molar-refractivity contribution in [2.45, 2.75) is 19.8 Å². The lowest BCUT2D eigenvalue weighted by atomic mass is 10.1. The van der Waals surface area contributed by atoms with Crippen molar-refractivity contribution in [1.82, 2.24) is 5.32 Å². The first-order chi connectivity index (χ1) is 8.65. The van der Waals surface area contributed by atoms with Gasteiger partial charge in [-0.3, -0.25) is 4.79 Å². The van der Waals surface area contributed by atoms with Crippen LogP contribution in [0, 0.1) is 6.92 Å². The fourth-order valence-electron chi connectivity index (χ4n) is 1.39. The van der Waals surface area contributed by atoms with Crippen LogP contribution in [0.4, 0.5) is 0 Å². The molecule has 5 nitrogen and oxygen atoms in total. The molecule has 0 aliphatic heterocycles. The van der Waals surface area contributed by atoms with Crippen LogP contribution in [0.2, 0.25) is 0 Å². The molecular formula is C12H15BrN4O. The van der Waals surface area contributed by atoms with Crippen LogP contribution in [0.3, 0.4) is 0 Å². The lowest BCUT2D eigenvalue weighted by Crippen LogP contribution is -2.24. The molecule has 0 fully saturated rings. The van der Waals surface area contributed by atoms with E-state index in [0.29, 0.717) is 18.7 Å². The second-order valence-corrected chi connectivity index (χ2v) is 4.74. The van der Waals surface area contributed by atoms with E-state index < -0.39 is 0 Å². The van der Waals surface area contributed by atoms with Crippen molar-refractivity contribution in [3.63, 3.8) is 0 Å². The van der Waals surface area contributed by atoms with Crippen molar-refractivity contribution in [1.29, 1.82) is 0 Å². The van der Waals surface area contributed by atoms with Gasteiger partial charge >= 0.3 is 0 Å². The fourth-order valence-corrected chi connectivity index (χ4v) is 1.77. The Morgan fingerprint density at radius 1 is 1.50 bits per heavy atom. The van der Waals surface area contributed by atoms with Gasteiger partial charge in [-0.2, -0.15) is 0 Å². The van der Waals surface area contributed by atoms with E-state index in [1.54, 1.807) is 6.07 Å². The van der Waals surface area contributed by atoms with Gasteiger partial charge in [-0.05, 0) is 43.0 Å². The largest absolute Gasteiger partial charge is 0.352 e. The van der Waals surface area contributed by atoms with E-state index in [1.165, 1.54) is 0 Å². The maximum atomic E-state index is 11.8. The SMILES string of the molecule is Cc1ccc(C(=O)NCCCCN=[N+]=[N-])cc1Br. The van der Waals surface area contributed by atoms with Gasteiger partial charge in [-0.25, -0.2) is 0 Å². The predicted molar refractivity (Wildman–Crippen MR) is 74.5 cm³/mol. The van der Waals surface area contributed by atoms with E-state index in [0.717, 1.165) is 22.9 Å². The second kappa shape index (κ2) is 7.74. The first-order valence-corrected chi connectivity index (χ1v) is 6.49. The minimum Gasteiger partial charge on any atom is -0.352 e. The van der Waals surface area contributed by atoms with Gasteiger partial charge in [0.05, 0.1) is 0 Å². The number of carbonyl (C=O) groups excluding carboxylic acids is 1. The van der Waals surface area contributed by atoms with Crippen LogP contribution in [0.15, 0.2) is 27.8 Å². The number of amides is 1. The van der Waals surface area contributed by atoms with Gasteiger partial charge in [0, 0.05) is 28.0 Å². The Labute approximate surface area is 114 Å². The van der Waals surface area contributed by atoms with Crippen molar-refractivity contribution in [2.75, 3.05) is 13.1 Å². The number of carbonyl (C=O) groups is 1. The Balaban J connectivity index is 2.36. The number of nitrogens with zero attached hydrogens (tertiary/aromatic N) is 3. The average Bonchev–Trinajstić information content (AvgIpc) is 2.36. The van der Waals surface area contributed by atoms with Gasteiger partial charge in [-0.15, -0.1) is 0 Å². The Morgan fingerprint density at radius 2 is 2.28 bits per heavy atom. The zero-order chi connectivity index (χ0) is 13.4. The molecule has 0 saturated carbocycles. The molecular weight excluding hydrogens is 296 g/mol. The molecule has 1 amide bonds. The maximum absolute atomic E-state index is 11.8. The van der Waals surface area contributed by atoms with Crippen LogP contribution in [0.5, 0.6) is 0 Å². The molecule has 96 valence electrons. The fraction of sp³-hybridized carbons (Fsp3) is 0.417. The van der Waals surface area contributed by atoms with Crippen LogP contribution in [0.1, 0.15) is 28.8 Å². The minimum absolute atomic E-state index is 0.0838. The standard InChI is InChI=1S/C12H15BrN4O/c1-9-4-5-10(8-11(9)13)12(18)15-6-2-3-7-16-17-14/h4-5,8H,2-3,6-7H2,1H3,(H,15,18). The second-order valence-electron chi connectivity index (χ2n) is 3.88. The zero-order valence-electron chi connectivity index (χ0n) is 10.2. The predicted octanol–water partition coefficient (Wildman–Crippen LogP) is 3.58. The van der Waals surface area contributed by atoms with Gasteiger partial charge in [0.1, 0.15) is 0 Å². The molecule has 0 aliphatic rings. The van der Waals surface area contributed by atoms with E-state index in [4.69, 9.17) is 5.53 Å². The molecule has 1 aromatic rings. The highest BCUT2D eigenvalue weighted by atomic mass is 79.9. The van der Waals surface area contributed by atoms with E-state index in [9.17, 15) is 4.79 Å². The van der Waals surface area contributed by atoms with Crippen LogP contribution >= 0.6 is 15.9 Å². The highest BCUT2D eigenvalue weighted by Gasteiger charge is 2.05. The molecule has 1 rings (SSSR count). The number of unbranched alkanes of at least 4 members (excludes halogenated alkanes) is 1. The van der Waals surface area contributed by atoms with Crippen molar-refractivity contribution in [3.05, 3.63) is 44.2 Å². The number of azide groups is 1. The molecule has 0 radical (unpaired) electrons. The Bertz CT molecular complexity index is 469. The summed E-state index contributed by atoms with van der Waals surface area (Å²) >= 11 is 3.40. The number of aryl methyl sites for hydroxylation is 1. The Morgan fingerprint density at radius 3 is 2.94 bits per heavy atom. The normalized spacial score (nSPS) is 9.67. The third-order valence-electron chi connectivity index (χ3n) is 2.47. The molecule has 0 unspecified atom stereocenters. The highest BCUT2D eigenvalue weighted by Crippen LogP contribution is 2.17. The summed E-state index contributed by atoms with van der Waals surface area (Å²) in [5.41, 5.74) is 9.83. The van der Waals surface area contributed by atoms with Gasteiger partial charge < -0.3 is 5.32 Å². The van der Waals surface area contributed by atoms with Crippen molar-refractivity contribution < 1.29 is 4.79 Å². The summed E-state index contributed by atoms with van der Waals surface area (Å²) in [6.45, 7) is 3.04. The van der Waals surface area contributed by atoms with Crippen molar-refractivity contribution in [2.24, 2.45) is 5.11 Å².